The van der Waals surface area contributed by atoms with Crippen molar-refractivity contribution in [3.63, 3.8) is 0 Å². The molecule has 0 unspecified atom stereocenters. The van der Waals surface area contributed by atoms with Crippen LogP contribution in [0.5, 0.6) is 0 Å². The lowest BCUT2D eigenvalue weighted by Crippen LogP contribution is -2.26. The van der Waals surface area contributed by atoms with Crippen LogP contribution in [-0.2, 0) is 6.54 Å². The van der Waals surface area contributed by atoms with Crippen LogP contribution in [0, 0.1) is 6.92 Å². The standard InChI is InChI=1S/C13H20BrN/c1-4-12(5-2)15-9-11-6-7-13(14)10(3)8-11/h6-8,12,15H,4-5,9H2,1-3H3. The van der Waals surface area contributed by atoms with E-state index in [0.29, 0.717) is 6.04 Å². The number of halogens is 1. The van der Waals surface area contributed by atoms with E-state index in [4.69, 9.17) is 0 Å². The van der Waals surface area contributed by atoms with Crippen molar-refractivity contribution >= 4 is 15.9 Å². The normalized spacial score (nSPS) is 11.0. The minimum Gasteiger partial charge on any atom is -0.310 e. The number of aryl methyl sites for hydroxylation is 1. The van der Waals surface area contributed by atoms with Crippen LogP contribution in [0.3, 0.4) is 0 Å². The van der Waals surface area contributed by atoms with Gasteiger partial charge in [0.2, 0.25) is 0 Å². The molecule has 1 aromatic carbocycles. The van der Waals surface area contributed by atoms with Crippen LogP contribution in [0.25, 0.3) is 0 Å². The van der Waals surface area contributed by atoms with Gasteiger partial charge >= 0.3 is 0 Å². The van der Waals surface area contributed by atoms with Crippen LogP contribution in [0.15, 0.2) is 22.7 Å². The molecule has 0 fully saturated rings. The van der Waals surface area contributed by atoms with Crippen molar-refractivity contribution in [1.29, 1.82) is 0 Å². The predicted octanol–water partition coefficient (Wildman–Crippen LogP) is 4.04. The topological polar surface area (TPSA) is 12.0 Å². The second-order valence-electron chi connectivity index (χ2n) is 3.98. The van der Waals surface area contributed by atoms with Crippen LogP contribution < -0.4 is 5.32 Å². The molecule has 0 radical (unpaired) electrons. The largest absolute Gasteiger partial charge is 0.310 e. The molecule has 1 aromatic rings. The Morgan fingerprint density at radius 1 is 1.27 bits per heavy atom. The first-order chi connectivity index (χ1) is 7.17. The fraction of sp³-hybridized carbons (Fsp3) is 0.538. The Bertz CT molecular complexity index is 305. The van der Waals surface area contributed by atoms with Crippen molar-refractivity contribution in [2.45, 2.75) is 46.2 Å². The second-order valence-corrected chi connectivity index (χ2v) is 4.83. The lowest BCUT2D eigenvalue weighted by Gasteiger charge is -2.15. The van der Waals surface area contributed by atoms with Gasteiger partial charge in [0, 0.05) is 17.1 Å². The first-order valence-corrected chi connectivity index (χ1v) is 6.45. The van der Waals surface area contributed by atoms with Gasteiger partial charge in [-0.2, -0.15) is 0 Å². The molecule has 1 nitrogen and oxygen atoms in total. The van der Waals surface area contributed by atoms with E-state index in [9.17, 15) is 0 Å². The molecule has 0 atom stereocenters. The zero-order valence-electron chi connectivity index (χ0n) is 9.81. The van der Waals surface area contributed by atoms with Gasteiger partial charge in [-0.3, -0.25) is 0 Å². The fourth-order valence-corrected chi connectivity index (χ4v) is 1.90. The number of hydrogen-bond donors (Lipinski definition) is 1. The highest BCUT2D eigenvalue weighted by molar-refractivity contribution is 9.10. The van der Waals surface area contributed by atoms with Gasteiger partial charge in [-0.1, -0.05) is 41.9 Å². The summed E-state index contributed by atoms with van der Waals surface area (Å²) in [6, 6.07) is 7.18. The Morgan fingerprint density at radius 2 is 1.93 bits per heavy atom. The van der Waals surface area contributed by atoms with Gasteiger partial charge in [0.05, 0.1) is 0 Å². The molecule has 0 aliphatic rings. The highest BCUT2D eigenvalue weighted by Crippen LogP contribution is 2.17. The maximum atomic E-state index is 3.57. The van der Waals surface area contributed by atoms with Crippen molar-refractivity contribution in [1.82, 2.24) is 5.32 Å². The maximum absolute atomic E-state index is 3.57. The highest BCUT2D eigenvalue weighted by atomic mass is 79.9. The lowest BCUT2D eigenvalue weighted by molar-refractivity contribution is 0.484. The molecule has 0 aromatic heterocycles. The summed E-state index contributed by atoms with van der Waals surface area (Å²) in [7, 11) is 0. The minimum absolute atomic E-state index is 0.647. The zero-order valence-corrected chi connectivity index (χ0v) is 11.4. The molecular weight excluding hydrogens is 250 g/mol. The third kappa shape index (κ3) is 3.96. The molecule has 0 aliphatic carbocycles. The number of rotatable bonds is 5. The third-order valence-electron chi connectivity index (χ3n) is 2.80. The summed E-state index contributed by atoms with van der Waals surface area (Å²) in [5.74, 6) is 0. The van der Waals surface area contributed by atoms with Gasteiger partial charge < -0.3 is 5.32 Å². The molecule has 0 saturated carbocycles. The molecule has 1 N–H and O–H groups in total. The molecule has 2 heteroatoms. The Labute approximate surface area is 101 Å². The van der Waals surface area contributed by atoms with Crippen LogP contribution in [0.4, 0.5) is 0 Å². The summed E-state index contributed by atoms with van der Waals surface area (Å²) in [5, 5.41) is 3.57. The Kier molecular flexibility index (Phi) is 5.34. The zero-order chi connectivity index (χ0) is 11.3. The van der Waals surface area contributed by atoms with Crippen LogP contribution >= 0.6 is 15.9 Å². The first kappa shape index (κ1) is 12.7. The highest BCUT2D eigenvalue weighted by Gasteiger charge is 2.02. The van der Waals surface area contributed by atoms with E-state index in [1.807, 2.05) is 0 Å². The molecule has 0 aliphatic heterocycles. The van der Waals surface area contributed by atoms with Crippen molar-refractivity contribution in [2.24, 2.45) is 0 Å². The summed E-state index contributed by atoms with van der Waals surface area (Å²) < 4.78 is 1.19. The number of nitrogens with one attached hydrogen (secondary N) is 1. The van der Waals surface area contributed by atoms with E-state index < -0.39 is 0 Å². The van der Waals surface area contributed by atoms with Gasteiger partial charge in [-0.25, -0.2) is 0 Å². The van der Waals surface area contributed by atoms with E-state index in [2.05, 4.69) is 60.2 Å². The summed E-state index contributed by atoms with van der Waals surface area (Å²) in [6.45, 7) is 7.56. The van der Waals surface area contributed by atoms with E-state index in [-0.39, 0.29) is 0 Å². The monoisotopic (exact) mass is 269 g/mol. The molecule has 15 heavy (non-hydrogen) atoms. The van der Waals surface area contributed by atoms with E-state index in [0.717, 1.165) is 6.54 Å². The van der Waals surface area contributed by atoms with Gasteiger partial charge in [-0.15, -0.1) is 0 Å². The van der Waals surface area contributed by atoms with Crippen molar-refractivity contribution < 1.29 is 0 Å². The quantitative estimate of drug-likeness (QED) is 0.851. The van der Waals surface area contributed by atoms with E-state index in [1.165, 1.54) is 28.4 Å². The molecule has 0 amide bonds. The van der Waals surface area contributed by atoms with Crippen LogP contribution in [0.1, 0.15) is 37.8 Å². The molecule has 0 spiro atoms. The Hall–Kier alpha value is -0.340. The van der Waals surface area contributed by atoms with Crippen molar-refractivity contribution in [3.8, 4) is 0 Å². The lowest BCUT2D eigenvalue weighted by atomic mass is 10.1. The molecule has 0 bridgehead atoms. The number of benzene rings is 1. The minimum atomic E-state index is 0.647. The van der Waals surface area contributed by atoms with Crippen LogP contribution in [-0.4, -0.2) is 6.04 Å². The summed E-state index contributed by atoms with van der Waals surface area (Å²) in [6.07, 6.45) is 2.40. The smallest absolute Gasteiger partial charge is 0.0208 e. The van der Waals surface area contributed by atoms with Crippen molar-refractivity contribution in [2.75, 3.05) is 0 Å². The maximum Gasteiger partial charge on any atom is 0.0208 e. The van der Waals surface area contributed by atoms with Crippen LogP contribution in [0.2, 0.25) is 0 Å². The van der Waals surface area contributed by atoms with Gasteiger partial charge in [0.25, 0.3) is 0 Å². The predicted molar refractivity (Wildman–Crippen MR) is 70.1 cm³/mol. The third-order valence-corrected chi connectivity index (χ3v) is 3.69. The SMILES string of the molecule is CCC(CC)NCc1ccc(Br)c(C)c1. The average Bonchev–Trinajstić information content (AvgIpc) is 2.24. The van der Waals surface area contributed by atoms with Gasteiger partial charge in [0.1, 0.15) is 0 Å². The Balaban J connectivity index is 2.54. The Morgan fingerprint density at radius 3 is 2.47 bits per heavy atom. The summed E-state index contributed by atoms with van der Waals surface area (Å²) in [4.78, 5) is 0. The molecule has 1 rings (SSSR count). The summed E-state index contributed by atoms with van der Waals surface area (Å²) in [5.41, 5.74) is 2.67. The average molecular weight is 270 g/mol. The molecule has 84 valence electrons. The first-order valence-electron chi connectivity index (χ1n) is 5.65. The summed E-state index contributed by atoms with van der Waals surface area (Å²) >= 11 is 3.52. The van der Waals surface area contributed by atoms with Crippen molar-refractivity contribution in [3.05, 3.63) is 33.8 Å². The van der Waals surface area contributed by atoms with E-state index in [1.54, 1.807) is 0 Å². The molecular formula is C13H20BrN. The van der Waals surface area contributed by atoms with Gasteiger partial charge in [-0.05, 0) is 37.0 Å². The second kappa shape index (κ2) is 6.29. The number of hydrogen-bond acceptors (Lipinski definition) is 1. The molecule has 0 saturated heterocycles. The van der Waals surface area contributed by atoms with E-state index >= 15 is 0 Å². The molecule has 0 heterocycles. The fourth-order valence-electron chi connectivity index (χ4n) is 1.66. The van der Waals surface area contributed by atoms with Gasteiger partial charge in [0.15, 0.2) is 0 Å².